The molecular formula is C19H30O4. The predicted molar refractivity (Wildman–Crippen MR) is 87.0 cm³/mol. The Hall–Kier alpha value is -1.06. The van der Waals surface area contributed by atoms with Crippen LogP contribution in [0.25, 0.3) is 0 Å². The van der Waals surface area contributed by atoms with Gasteiger partial charge in [0, 0.05) is 6.42 Å². The molecule has 0 aromatic heterocycles. The number of carboxylic acids is 2. The molecule has 0 radical (unpaired) electrons. The molecule has 0 amide bonds. The summed E-state index contributed by atoms with van der Waals surface area (Å²) < 4.78 is 0. The number of hydrogen-bond acceptors (Lipinski definition) is 2. The van der Waals surface area contributed by atoms with Crippen molar-refractivity contribution in [3.63, 3.8) is 0 Å². The van der Waals surface area contributed by atoms with Crippen LogP contribution in [-0.2, 0) is 9.59 Å². The summed E-state index contributed by atoms with van der Waals surface area (Å²) in [5.41, 5.74) is -0.574. The van der Waals surface area contributed by atoms with Crippen molar-refractivity contribution in [1.82, 2.24) is 0 Å². The quantitative estimate of drug-likeness (QED) is 0.817. The van der Waals surface area contributed by atoms with Gasteiger partial charge in [-0.25, -0.2) is 0 Å². The van der Waals surface area contributed by atoms with E-state index in [9.17, 15) is 19.8 Å². The highest BCUT2D eigenvalue weighted by molar-refractivity contribution is 5.76. The minimum absolute atomic E-state index is 0.00468. The SMILES string of the molecule is C[C@]12CCCC[C@@H]1CC[C@@H]1[C@@H]2CC[C@](C)(C(=O)O)[C@H]1CC(=O)O. The molecule has 3 saturated carbocycles. The molecule has 4 heteroatoms. The number of rotatable bonds is 3. The normalized spacial score (nSPS) is 46.5. The van der Waals surface area contributed by atoms with Crippen LogP contribution in [0.4, 0.5) is 0 Å². The lowest BCUT2D eigenvalue weighted by Gasteiger charge is -2.60. The first-order valence-electron chi connectivity index (χ1n) is 9.24. The van der Waals surface area contributed by atoms with Crippen molar-refractivity contribution < 1.29 is 19.8 Å². The third kappa shape index (κ3) is 2.58. The van der Waals surface area contributed by atoms with Gasteiger partial charge in [0.2, 0.25) is 0 Å². The van der Waals surface area contributed by atoms with Gasteiger partial charge < -0.3 is 10.2 Å². The molecule has 4 nitrogen and oxygen atoms in total. The Labute approximate surface area is 138 Å². The van der Waals surface area contributed by atoms with Crippen LogP contribution >= 0.6 is 0 Å². The highest BCUT2D eigenvalue weighted by Crippen LogP contribution is 2.63. The molecule has 3 rings (SSSR count). The van der Waals surface area contributed by atoms with Crippen molar-refractivity contribution in [1.29, 1.82) is 0 Å². The molecule has 2 N–H and O–H groups in total. The minimum Gasteiger partial charge on any atom is -0.481 e. The number of aliphatic carboxylic acids is 2. The van der Waals surface area contributed by atoms with Crippen molar-refractivity contribution >= 4 is 11.9 Å². The molecule has 0 aliphatic heterocycles. The van der Waals surface area contributed by atoms with Gasteiger partial charge in [-0.2, -0.15) is 0 Å². The van der Waals surface area contributed by atoms with E-state index in [2.05, 4.69) is 6.92 Å². The largest absolute Gasteiger partial charge is 0.481 e. The summed E-state index contributed by atoms with van der Waals surface area (Å²) in [6.45, 7) is 4.20. The summed E-state index contributed by atoms with van der Waals surface area (Å²) in [4.78, 5) is 23.3. The van der Waals surface area contributed by atoms with Gasteiger partial charge in [0.1, 0.15) is 0 Å². The molecule has 130 valence electrons. The molecule has 3 aliphatic carbocycles. The Kier molecular flexibility index (Phi) is 4.22. The summed E-state index contributed by atoms with van der Waals surface area (Å²) >= 11 is 0. The molecule has 0 heterocycles. The summed E-state index contributed by atoms with van der Waals surface area (Å²) in [6, 6.07) is 0. The minimum atomic E-state index is -0.878. The van der Waals surface area contributed by atoms with Crippen LogP contribution in [0.15, 0.2) is 0 Å². The average molecular weight is 322 g/mol. The maximum absolute atomic E-state index is 11.9. The predicted octanol–water partition coefficient (Wildman–Crippen LogP) is 4.18. The molecule has 0 aromatic carbocycles. The standard InChI is InChI=1S/C19H30O4/c1-18-9-4-3-5-12(18)6-7-13-14(18)8-10-19(2,17(22)23)15(13)11-16(20)21/h12-15H,3-11H2,1-2H3,(H,20,21)(H,22,23)/t12-,13-,14+,15+,18+,19+/m1/s1. The molecule has 0 spiro atoms. The molecule has 0 unspecified atom stereocenters. The van der Waals surface area contributed by atoms with Gasteiger partial charge in [0.05, 0.1) is 5.41 Å². The maximum Gasteiger partial charge on any atom is 0.309 e. The molecule has 0 bridgehead atoms. The fourth-order valence-corrected chi connectivity index (χ4v) is 6.45. The van der Waals surface area contributed by atoms with Gasteiger partial charge >= 0.3 is 11.9 Å². The summed E-state index contributed by atoms with van der Waals surface area (Å²) in [5, 5.41) is 19.1. The summed E-state index contributed by atoms with van der Waals surface area (Å²) in [7, 11) is 0. The number of fused-ring (bicyclic) bond motifs is 3. The van der Waals surface area contributed by atoms with E-state index in [0.717, 1.165) is 25.2 Å². The lowest BCUT2D eigenvalue weighted by atomic mass is 9.44. The van der Waals surface area contributed by atoms with Gasteiger partial charge in [0.15, 0.2) is 0 Å². The van der Waals surface area contributed by atoms with Crippen LogP contribution in [0.2, 0.25) is 0 Å². The van der Waals surface area contributed by atoms with E-state index in [1.165, 1.54) is 25.7 Å². The summed E-state index contributed by atoms with van der Waals surface area (Å²) in [6.07, 6.45) is 8.90. The first kappa shape index (κ1) is 16.8. The molecule has 0 saturated heterocycles. The second-order valence-corrected chi connectivity index (χ2v) is 8.76. The highest BCUT2D eigenvalue weighted by atomic mass is 16.4. The number of hydrogen-bond donors (Lipinski definition) is 2. The fraction of sp³-hybridized carbons (Fsp3) is 0.895. The zero-order chi connectivity index (χ0) is 16.8. The van der Waals surface area contributed by atoms with E-state index < -0.39 is 17.4 Å². The van der Waals surface area contributed by atoms with Crippen LogP contribution in [0.3, 0.4) is 0 Å². The highest BCUT2D eigenvalue weighted by Gasteiger charge is 2.58. The Bertz CT molecular complexity index is 502. The second-order valence-electron chi connectivity index (χ2n) is 8.76. The van der Waals surface area contributed by atoms with Gasteiger partial charge in [0.25, 0.3) is 0 Å². The molecule has 0 aromatic rings. The third-order valence-electron chi connectivity index (χ3n) is 7.86. The third-order valence-corrected chi connectivity index (χ3v) is 7.86. The Balaban J connectivity index is 1.93. The van der Waals surface area contributed by atoms with Gasteiger partial charge in [-0.1, -0.05) is 19.8 Å². The van der Waals surface area contributed by atoms with Crippen molar-refractivity contribution in [2.75, 3.05) is 0 Å². The van der Waals surface area contributed by atoms with Crippen molar-refractivity contribution in [3.05, 3.63) is 0 Å². The van der Waals surface area contributed by atoms with E-state index >= 15 is 0 Å². The zero-order valence-corrected chi connectivity index (χ0v) is 14.4. The van der Waals surface area contributed by atoms with E-state index in [4.69, 9.17) is 0 Å². The van der Waals surface area contributed by atoms with Crippen LogP contribution in [0.5, 0.6) is 0 Å². The number of carbonyl (C=O) groups is 2. The Morgan fingerprint density at radius 3 is 2.39 bits per heavy atom. The van der Waals surface area contributed by atoms with Crippen molar-refractivity contribution in [2.45, 2.75) is 71.6 Å². The zero-order valence-electron chi connectivity index (χ0n) is 14.4. The lowest BCUT2D eigenvalue weighted by molar-refractivity contribution is -0.170. The number of carboxylic acid groups (broad SMARTS) is 2. The molecule has 6 atom stereocenters. The van der Waals surface area contributed by atoms with Gasteiger partial charge in [-0.3, -0.25) is 9.59 Å². The van der Waals surface area contributed by atoms with E-state index in [1.54, 1.807) is 6.92 Å². The molecular weight excluding hydrogens is 292 g/mol. The first-order chi connectivity index (χ1) is 10.8. The van der Waals surface area contributed by atoms with E-state index in [1.807, 2.05) is 0 Å². The molecule has 23 heavy (non-hydrogen) atoms. The fourth-order valence-electron chi connectivity index (χ4n) is 6.45. The van der Waals surface area contributed by atoms with Crippen LogP contribution in [0, 0.1) is 34.5 Å². The summed E-state index contributed by atoms with van der Waals surface area (Å²) in [5.74, 6) is -0.344. The van der Waals surface area contributed by atoms with E-state index in [-0.39, 0.29) is 18.3 Å². The van der Waals surface area contributed by atoms with Crippen molar-refractivity contribution in [2.24, 2.45) is 34.5 Å². The van der Waals surface area contributed by atoms with Crippen LogP contribution in [-0.4, -0.2) is 22.2 Å². The Morgan fingerprint density at radius 1 is 1.00 bits per heavy atom. The van der Waals surface area contributed by atoms with Crippen LogP contribution < -0.4 is 0 Å². The van der Waals surface area contributed by atoms with Crippen molar-refractivity contribution in [3.8, 4) is 0 Å². The Morgan fingerprint density at radius 2 is 1.74 bits per heavy atom. The second kappa shape index (κ2) is 5.78. The lowest BCUT2D eigenvalue weighted by Crippen LogP contribution is -2.55. The monoisotopic (exact) mass is 322 g/mol. The molecule has 3 fully saturated rings. The van der Waals surface area contributed by atoms with Gasteiger partial charge in [-0.15, -0.1) is 0 Å². The topological polar surface area (TPSA) is 74.6 Å². The first-order valence-corrected chi connectivity index (χ1v) is 9.24. The molecule has 3 aliphatic rings. The smallest absolute Gasteiger partial charge is 0.309 e. The van der Waals surface area contributed by atoms with Crippen LogP contribution in [0.1, 0.15) is 71.6 Å². The average Bonchev–Trinajstić information content (AvgIpc) is 2.48. The van der Waals surface area contributed by atoms with Gasteiger partial charge in [-0.05, 0) is 74.5 Å². The maximum atomic E-state index is 11.9. The van der Waals surface area contributed by atoms with E-state index in [0.29, 0.717) is 17.8 Å².